The van der Waals surface area contributed by atoms with E-state index in [0.717, 1.165) is 17.7 Å². The molecule has 2 aromatic rings. The van der Waals surface area contributed by atoms with Gasteiger partial charge in [-0.2, -0.15) is 4.31 Å². The van der Waals surface area contributed by atoms with E-state index in [-0.39, 0.29) is 36.2 Å². The smallest absolute Gasteiger partial charge is 0.243 e. The molecule has 0 aliphatic carbocycles. The summed E-state index contributed by atoms with van der Waals surface area (Å²) in [6.45, 7) is 0.813. The summed E-state index contributed by atoms with van der Waals surface area (Å²) in [6.07, 6.45) is 1.20. The molecule has 33 heavy (non-hydrogen) atoms. The minimum Gasteiger partial charge on any atom is -0.496 e. The van der Waals surface area contributed by atoms with Crippen molar-refractivity contribution in [2.75, 3.05) is 26.7 Å². The fourth-order valence-electron chi connectivity index (χ4n) is 3.71. The third-order valence-electron chi connectivity index (χ3n) is 5.53. The van der Waals surface area contributed by atoms with Gasteiger partial charge < -0.3 is 15.4 Å². The number of sulfonamides is 1. The van der Waals surface area contributed by atoms with Crippen LogP contribution in [0.2, 0.25) is 0 Å². The molecule has 1 aliphatic rings. The van der Waals surface area contributed by atoms with Crippen LogP contribution in [0.25, 0.3) is 0 Å². The van der Waals surface area contributed by atoms with E-state index in [1.807, 2.05) is 24.3 Å². The maximum absolute atomic E-state index is 13.1. The summed E-state index contributed by atoms with van der Waals surface area (Å²) in [4.78, 5) is 24.7. The summed E-state index contributed by atoms with van der Waals surface area (Å²) in [7, 11) is -2.24. The molecule has 0 aromatic heterocycles. The lowest BCUT2D eigenvalue weighted by Gasteiger charge is -2.31. The zero-order chi connectivity index (χ0) is 23.8. The topological polar surface area (TPSA) is 105 Å². The summed E-state index contributed by atoms with van der Waals surface area (Å²) >= 11 is 0. The van der Waals surface area contributed by atoms with Gasteiger partial charge in [0.25, 0.3) is 0 Å². The zero-order valence-corrected chi connectivity index (χ0v) is 19.2. The van der Waals surface area contributed by atoms with E-state index >= 15 is 0 Å². The lowest BCUT2D eigenvalue weighted by Crippen LogP contribution is -2.45. The molecule has 0 unspecified atom stereocenters. The molecule has 1 heterocycles. The highest BCUT2D eigenvalue weighted by Gasteiger charge is 2.33. The molecule has 178 valence electrons. The summed E-state index contributed by atoms with van der Waals surface area (Å²) in [5, 5.41) is 5.52. The molecule has 2 amide bonds. The van der Waals surface area contributed by atoms with Crippen LogP contribution in [0.5, 0.6) is 5.75 Å². The number of halogens is 1. The average molecular weight is 478 g/mol. The molecule has 0 spiro atoms. The maximum Gasteiger partial charge on any atom is 0.243 e. The zero-order valence-electron chi connectivity index (χ0n) is 18.4. The van der Waals surface area contributed by atoms with Crippen LogP contribution >= 0.6 is 0 Å². The predicted octanol–water partition coefficient (Wildman–Crippen LogP) is 2.06. The largest absolute Gasteiger partial charge is 0.496 e. The molecule has 2 N–H and O–H groups in total. The Morgan fingerprint density at radius 3 is 2.58 bits per heavy atom. The Morgan fingerprint density at radius 1 is 1.12 bits per heavy atom. The number of carbonyl (C=O) groups is 2. The third-order valence-corrected chi connectivity index (χ3v) is 7.41. The lowest BCUT2D eigenvalue weighted by atomic mass is 9.99. The van der Waals surface area contributed by atoms with Crippen molar-refractivity contribution in [1.29, 1.82) is 0 Å². The van der Waals surface area contributed by atoms with E-state index in [9.17, 15) is 22.4 Å². The molecule has 0 radical (unpaired) electrons. The first-order valence-electron chi connectivity index (χ1n) is 10.7. The van der Waals surface area contributed by atoms with Gasteiger partial charge in [-0.15, -0.1) is 0 Å². The SMILES string of the molecule is COc1ccccc1CNC(=O)CCNC(=O)[C@H]1CCCN(S(=O)(=O)c2ccc(F)cc2)C1. The number of rotatable bonds is 9. The Morgan fingerprint density at radius 2 is 1.85 bits per heavy atom. The number of nitrogens with zero attached hydrogens (tertiary/aromatic N) is 1. The van der Waals surface area contributed by atoms with Crippen molar-refractivity contribution >= 4 is 21.8 Å². The van der Waals surface area contributed by atoms with Gasteiger partial charge in [0.2, 0.25) is 21.8 Å². The molecule has 8 nitrogen and oxygen atoms in total. The number of amides is 2. The predicted molar refractivity (Wildman–Crippen MR) is 120 cm³/mol. The first kappa shape index (κ1) is 24.7. The van der Waals surface area contributed by atoms with E-state index in [1.165, 1.54) is 16.4 Å². The first-order chi connectivity index (χ1) is 15.8. The second-order valence-corrected chi connectivity index (χ2v) is 9.72. The number of ether oxygens (including phenoxy) is 1. The average Bonchev–Trinajstić information content (AvgIpc) is 2.83. The molecule has 0 saturated carbocycles. The highest BCUT2D eigenvalue weighted by Crippen LogP contribution is 2.24. The third kappa shape index (κ3) is 6.52. The number of benzene rings is 2. The molecule has 10 heteroatoms. The van der Waals surface area contributed by atoms with Crippen LogP contribution in [0.3, 0.4) is 0 Å². The Bertz CT molecular complexity index is 1080. The van der Waals surface area contributed by atoms with Crippen LogP contribution in [0, 0.1) is 11.7 Å². The minimum atomic E-state index is -3.81. The number of hydrogen-bond donors (Lipinski definition) is 2. The molecular formula is C23H28FN3O5S. The van der Waals surface area contributed by atoms with Gasteiger partial charge in [0, 0.05) is 38.2 Å². The van der Waals surface area contributed by atoms with Gasteiger partial charge in [-0.3, -0.25) is 9.59 Å². The molecule has 3 rings (SSSR count). The number of hydrogen-bond acceptors (Lipinski definition) is 5. The van der Waals surface area contributed by atoms with E-state index in [0.29, 0.717) is 31.7 Å². The van der Waals surface area contributed by atoms with Crippen LogP contribution in [0.15, 0.2) is 53.4 Å². The molecule has 1 aliphatic heterocycles. The number of methoxy groups -OCH3 is 1. The summed E-state index contributed by atoms with van der Waals surface area (Å²) in [5.41, 5.74) is 0.849. The van der Waals surface area contributed by atoms with Crippen molar-refractivity contribution in [3.05, 3.63) is 59.9 Å². The highest BCUT2D eigenvalue weighted by atomic mass is 32.2. The fraction of sp³-hybridized carbons (Fsp3) is 0.391. The van der Waals surface area contributed by atoms with E-state index < -0.39 is 21.8 Å². The summed E-state index contributed by atoms with van der Waals surface area (Å²) < 4.78 is 45.3. The van der Waals surface area contributed by atoms with Gasteiger partial charge in [0.1, 0.15) is 11.6 Å². The monoisotopic (exact) mass is 477 g/mol. The van der Waals surface area contributed by atoms with Crippen molar-refractivity contribution in [3.63, 3.8) is 0 Å². The Balaban J connectivity index is 1.46. The van der Waals surface area contributed by atoms with Crippen LogP contribution in [0.4, 0.5) is 4.39 Å². The molecular weight excluding hydrogens is 449 g/mol. The molecule has 1 fully saturated rings. The van der Waals surface area contributed by atoms with E-state index in [1.54, 1.807) is 7.11 Å². The second kappa shape index (κ2) is 11.2. The van der Waals surface area contributed by atoms with Crippen molar-refractivity contribution in [3.8, 4) is 5.75 Å². The van der Waals surface area contributed by atoms with Crippen molar-refractivity contribution < 1.29 is 27.1 Å². The highest BCUT2D eigenvalue weighted by molar-refractivity contribution is 7.89. The van der Waals surface area contributed by atoms with Crippen LogP contribution in [-0.4, -0.2) is 51.3 Å². The number of carbonyl (C=O) groups excluding carboxylic acids is 2. The van der Waals surface area contributed by atoms with Gasteiger partial charge >= 0.3 is 0 Å². The molecule has 1 atom stereocenters. The fourth-order valence-corrected chi connectivity index (χ4v) is 5.23. The number of para-hydroxylation sites is 1. The van der Waals surface area contributed by atoms with Gasteiger partial charge in [0.15, 0.2) is 0 Å². The minimum absolute atomic E-state index is 0.00308. The van der Waals surface area contributed by atoms with Crippen LogP contribution < -0.4 is 15.4 Å². The Kier molecular flexibility index (Phi) is 8.40. The van der Waals surface area contributed by atoms with E-state index in [2.05, 4.69) is 10.6 Å². The van der Waals surface area contributed by atoms with Crippen LogP contribution in [-0.2, 0) is 26.2 Å². The maximum atomic E-state index is 13.1. The first-order valence-corrected chi connectivity index (χ1v) is 12.2. The standard InChI is InChI=1S/C23H28FN3O5S/c1-32-21-7-3-2-5-17(21)15-26-22(28)12-13-25-23(29)18-6-4-14-27(16-18)33(30,31)20-10-8-19(24)9-11-20/h2-3,5,7-11,18H,4,6,12-16H2,1H3,(H,25,29)(H,26,28)/t18-/m0/s1. The Hall–Kier alpha value is -2.98. The Labute approximate surface area is 193 Å². The van der Waals surface area contributed by atoms with Crippen molar-refractivity contribution in [2.45, 2.75) is 30.7 Å². The van der Waals surface area contributed by atoms with Gasteiger partial charge in [0.05, 0.1) is 17.9 Å². The normalized spacial score (nSPS) is 16.7. The van der Waals surface area contributed by atoms with Gasteiger partial charge in [-0.1, -0.05) is 18.2 Å². The number of piperidine rings is 1. The summed E-state index contributed by atoms with van der Waals surface area (Å²) in [6, 6.07) is 12.0. The van der Waals surface area contributed by atoms with Crippen molar-refractivity contribution in [2.24, 2.45) is 5.92 Å². The van der Waals surface area contributed by atoms with Crippen LogP contribution in [0.1, 0.15) is 24.8 Å². The molecule has 0 bridgehead atoms. The van der Waals surface area contributed by atoms with E-state index in [4.69, 9.17) is 4.74 Å². The van der Waals surface area contributed by atoms with Gasteiger partial charge in [-0.25, -0.2) is 12.8 Å². The van der Waals surface area contributed by atoms with Crippen molar-refractivity contribution in [1.82, 2.24) is 14.9 Å². The lowest BCUT2D eigenvalue weighted by molar-refractivity contribution is -0.126. The summed E-state index contributed by atoms with van der Waals surface area (Å²) in [5.74, 6) is -0.845. The molecule has 2 aromatic carbocycles. The molecule has 1 saturated heterocycles. The van der Waals surface area contributed by atoms with Gasteiger partial charge in [-0.05, 0) is 43.2 Å². The quantitative estimate of drug-likeness (QED) is 0.575. The second-order valence-electron chi connectivity index (χ2n) is 7.79. The number of nitrogens with one attached hydrogen (secondary N) is 2.